The number of ketones is 1. The number of hydrogen-bond donors (Lipinski definition) is 1. The summed E-state index contributed by atoms with van der Waals surface area (Å²) in [6, 6.07) is 5.58. The molecule has 2 aromatic rings. The summed E-state index contributed by atoms with van der Waals surface area (Å²) in [5.41, 5.74) is 2.34. The number of hydrogen-bond acceptors (Lipinski definition) is 4. The summed E-state index contributed by atoms with van der Waals surface area (Å²) in [6.07, 6.45) is 1.93. The number of Topliss-reactive ketones (excluding diaryl/α,β-unsaturated/α-hetero) is 1. The highest BCUT2D eigenvalue weighted by atomic mass is 35.5. The number of pyridine rings is 1. The lowest BCUT2D eigenvalue weighted by Crippen LogP contribution is -2.13. The fourth-order valence-corrected chi connectivity index (χ4v) is 2.99. The van der Waals surface area contributed by atoms with E-state index in [1.165, 1.54) is 11.8 Å². The molecule has 0 aliphatic heterocycles. The van der Waals surface area contributed by atoms with Crippen molar-refractivity contribution in [3.8, 4) is 0 Å². The van der Waals surface area contributed by atoms with Crippen molar-refractivity contribution < 1.29 is 4.79 Å². The Morgan fingerprint density at radius 2 is 2.14 bits per heavy atom. The van der Waals surface area contributed by atoms with Gasteiger partial charge in [0.15, 0.2) is 5.78 Å². The lowest BCUT2D eigenvalue weighted by molar-refractivity contribution is 0.101. The highest BCUT2D eigenvalue weighted by Gasteiger charge is 2.18. The molecule has 0 amide bonds. The molecular formula is C16H19ClN2OS. The average Bonchev–Trinajstić information content (AvgIpc) is 2.43. The third-order valence-electron chi connectivity index (χ3n) is 3.15. The zero-order valence-corrected chi connectivity index (χ0v) is 14.2. The predicted octanol–water partition coefficient (Wildman–Crippen LogP) is 4.88. The van der Waals surface area contributed by atoms with E-state index in [0.29, 0.717) is 16.5 Å². The minimum Gasteiger partial charge on any atom is -0.384 e. The van der Waals surface area contributed by atoms with Crippen molar-refractivity contribution in [3.63, 3.8) is 0 Å². The van der Waals surface area contributed by atoms with Gasteiger partial charge < -0.3 is 5.32 Å². The number of benzene rings is 1. The number of rotatable bonds is 5. The molecule has 0 bridgehead atoms. The smallest absolute Gasteiger partial charge is 0.164 e. The zero-order chi connectivity index (χ0) is 15.6. The van der Waals surface area contributed by atoms with Gasteiger partial charge in [0, 0.05) is 17.0 Å². The Morgan fingerprint density at radius 1 is 1.43 bits per heavy atom. The van der Waals surface area contributed by atoms with Crippen LogP contribution in [-0.2, 0) is 0 Å². The molecule has 0 spiro atoms. The Hall–Kier alpha value is -1.26. The molecule has 3 nitrogen and oxygen atoms in total. The molecule has 0 saturated carbocycles. The van der Waals surface area contributed by atoms with E-state index in [2.05, 4.69) is 24.1 Å². The highest BCUT2D eigenvalue weighted by Crippen LogP contribution is 2.34. The maximum atomic E-state index is 12.1. The van der Waals surface area contributed by atoms with Crippen molar-refractivity contribution in [1.82, 2.24) is 4.98 Å². The number of thioether (sulfide) groups is 1. The molecule has 0 radical (unpaired) electrons. The van der Waals surface area contributed by atoms with Gasteiger partial charge in [0.05, 0.1) is 16.8 Å². The largest absolute Gasteiger partial charge is 0.384 e. The summed E-state index contributed by atoms with van der Waals surface area (Å²) >= 11 is 7.60. The number of aromatic nitrogens is 1. The first-order valence-electron chi connectivity index (χ1n) is 6.86. The standard InChI is InChI=1S/C16H19ClN2OS/c1-9(2)8-18-15-12-7-11(17)5-6-13(12)19-16(21-4)14(15)10(3)20/h5-7,9H,8H2,1-4H3,(H,18,19). The summed E-state index contributed by atoms with van der Waals surface area (Å²) in [6.45, 7) is 6.63. The minimum absolute atomic E-state index is 0.0139. The van der Waals surface area contributed by atoms with Gasteiger partial charge in [-0.1, -0.05) is 25.4 Å². The Bertz CT molecular complexity index is 686. The molecule has 1 N–H and O–H groups in total. The van der Waals surface area contributed by atoms with Crippen molar-refractivity contribution in [2.45, 2.75) is 25.8 Å². The van der Waals surface area contributed by atoms with Gasteiger partial charge in [-0.25, -0.2) is 4.98 Å². The Kier molecular flexibility index (Phi) is 5.12. The maximum absolute atomic E-state index is 12.1. The molecule has 5 heteroatoms. The van der Waals surface area contributed by atoms with Crippen LogP contribution in [0.25, 0.3) is 10.9 Å². The van der Waals surface area contributed by atoms with Gasteiger partial charge in [-0.15, -0.1) is 11.8 Å². The predicted molar refractivity (Wildman–Crippen MR) is 91.9 cm³/mol. The van der Waals surface area contributed by atoms with Crippen LogP contribution in [0.15, 0.2) is 23.2 Å². The number of carbonyl (C=O) groups excluding carboxylic acids is 1. The summed E-state index contributed by atoms with van der Waals surface area (Å²) < 4.78 is 0. The van der Waals surface area contributed by atoms with E-state index in [9.17, 15) is 4.79 Å². The summed E-state index contributed by atoms with van der Waals surface area (Å²) in [7, 11) is 0. The van der Waals surface area contributed by atoms with E-state index in [1.807, 2.05) is 24.5 Å². The molecule has 0 atom stereocenters. The first-order valence-corrected chi connectivity index (χ1v) is 8.46. The molecule has 0 fully saturated rings. The Morgan fingerprint density at radius 3 is 2.71 bits per heavy atom. The number of anilines is 1. The highest BCUT2D eigenvalue weighted by molar-refractivity contribution is 7.98. The summed E-state index contributed by atoms with van der Waals surface area (Å²) in [5, 5.41) is 5.70. The van der Waals surface area contributed by atoms with E-state index < -0.39 is 0 Å². The van der Waals surface area contributed by atoms with Crippen molar-refractivity contribution in [2.75, 3.05) is 18.1 Å². The van der Waals surface area contributed by atoms with Crippen LogP contribution in [-0.4, -0.2) is 23.6 Å². The fourth-order valence-electron chi connectivity index (χ4n) is 2.18. The molecule has 2 rings (SSSR count). The fraction of sp³-hybridized carbons (Fsp3) is 0.375. The molecule has 0 saturated heterocycles. The second-order valence-corrected chi connectivity index (χ2v) is 6.59. The van der Waals surface area contributed by atoms with E-state index in [0.717, 1.165) is 28.2 Å². The SMILES string of the molecule is CSc1nc2ccc(Cl)cc2c(NCC(C)C)c1C(C)=O. The lowest BCUT2D eigenvalue weighted by Gasteiger charge is -2.17. The average molecular weight is 323 g/mol. The van der Waals surface area contributed by atoms with Gasteiger partial charge in [0.2, 0.25) is 0 Å². The van der Waals surface area contributed by atoms with Crippen LogP contribution < -0.4 is 5.32 Å². The van der Waals surface area contributed by atoms with E-state index in [1.54, 1.807) is 6.92 Å². The molecule has 0 aliphatic carbocycles. The lowest BCUT2D eigenvalue weighted by atomic mass is 10.1. The zero-order valence-electron chi connectivity index (χ0n) is 12.7. The molecule has 1 heterocycles. The number of carbonyl (C=O) groups is 1. The molecule has 0 aliphatic rings. The minimum atomic E-state index is 0.0139. The third kappa shape index (κ3) is 3.50. The number of halogens is 1. The van der Waals surface area contributed by atoms with E-state index >= 15 is 0 Å². The van der Waals surface area contributed by atoms with Crippen molar-refractivity contribution >= 4 is 45.7 Å². The van der Waals surface area contributed by atoms with Crippen LogP contribution >= 0.6 is 23.4 Å². The second kappa shape index (κ2) is 6.67. The first-order chi connectivity index (χ1) is 9.93. The molecule has 21 heavy (non-hydrogen) atoms. The number of fused-ring (bicyclic) bond motifs is 1. The number of nitrogens with one attached hydrogen (secondary N) is 1. The molecule has 1 aromatic carbocycles. The van der Waals surface area contributed by atoms with E-state index in [4.69, 9.17) is 11.6 Å². The summed E-state index contributed by atoms with van der Waals surface area (Å²) in [5.74, 6) is 0.491. The van der Waals surface area contributed by atoms with Crippen molar-refractivity contribution in [3.05, 3.63) is 28.8 Å². The van der Waals surface area contributed by atoms with Crippen molar-refractivity contribution in [1.29, 1.82) is 0 Å². The van der Waals surface area contributed by atoms with Gasteiger partial charge in [-0.3, -0.25) is 4.79 Å². The second-order valence-electron chi connectivity index (χ2n) is 5.36. The van der Waals surface area contributed by atoms with Gasteiger partial charge in [-0.05, 0) is 37.3 Å². The molecule has 1 aromatic heterocycles. The first kappa shape index (κ1) is 16.1. The van der Waals surface area contributed by atoms with Crippen molar-refractivity contribution in [2.24, 2.45) is 5.92 Å². The van der Waals surface area contributed by atoms with Crippen LogP contribution in [0.4, 0.5) is 5.69 Å². The Labute approximate surface area is 134 Å². The normalized spacial score (nSPS) is 11.1. The van der Waals surface area contributed by atoms with Crippen LogP contribution in [0.2, 0.25) is 5.02 Å². The monoisotopic (exact) mass is 322 g/mol. The van der Waals surface area contributed by atoms with Gasteiger partial charge in [-0.2, -0.15) is 0 Å². The van der Waals surface area contributed by atoms with E-state index in [-0.39, 0.29) is 5.78 Å². The van der Waals surface area contributed by atoms with Crippen LogP contribution in [0, 0.1) is 5.92 Å². The maximum Gasteiger partial charge on any atom is 0.164 e. The van der Waals surface area contributed by atoms with Gasteiger partial charge in [0.25, 0.3) is 0 Å². The summed E-state index contributed by atoms with van der Waals surface area (Å²) in [4.78, 5) is 16.7. The quantitative estimate of drug-likeness (QED) is 0.629. The van der Waals surface area contributed by atoms with Crippen LogP contribution in [0.1, 0.15) is 31.1 Å². The third-order valence-corrected chi connectivity index (χ3v) is 4.06. The topological polar surface area (TPSA) is 42.0 Å². The van der Waals surface area contributed by atoms with Gasteiger partial charge in [0.1, 0.15) is 5.03 Å². The molecular weight excluding hydrogens is 304 g/mol. The van der Waals surface area contributed by atoms with Gasteiger partial charge >= 0.3 is 0 Å². The van der Waals surface area contributed by atoms with Crippen LogP contribution in [0.3, 0.4) is 0 Å². The van der Waals surface area contributed by atoms with Crippen LogP contribution in [0.5, 0.6) is 0 Å². The molecule has 112 valence electrons. The number of nitrogens with zero attached hydrogens (tertiary/aromatic N) is 1. The molecule has 0 unspecified atom stereocenters. The Balaban J connectivity index is 2.74.